The molecule has 9 nitrogen and oxygen atoms in total. The van der Waals surface area contributed by atoms with Crippen molar-refractivity contribution >= 4 is 47.4 Å². The van der Waals surface area contributed by atoms with Gasteiger partial charge in [-0.05, 0) is 76.3 Å². The first-order chi connectivity index (χ1) is 18.9. The van der Waals surface area contributed by atoms with Gasteiger partial charge in [0.1, 0.15) is 0 Å². The molecule has 2 aromatic carbocycles. The molecule has 0 atom stereocenters. The van der Waals surface area contributed by atoms with E-state index < -0.39 is 0 Å². The number of piperidine rings is 1. The summed E-state index contributed by atoms with van der Waals surface area (Å²) in [7, 11) is 0. The molecule has 2 heterocycles. The number of fused-ring (bicyclic) bond motifs is 1. The first-order valence-corrected chi connectivity index (χ1v) is 13.7. The van der Waals surface area contributed by atoms with Gasteiger partial charge in [-0.15, -0.1) is 6.58 Å². The molecule has 2 aromatic rings. The molecule has 1 saturated heterocycles. The van der Waals surface area contributed by atoms with Gasteiger partial charge in [-0.1, -0.05) is 47.0 Å². The minimum atomic E-state index is -0.251. The van der Waals surface area contributed by atoms with Crippen LogP contribution in [0.2, 0.25) is 10.0 Å². The van der Waals surface area contributed by atoms with Gasteiger partial charge >= 0.3 is 12.1 Å². The van der Waals surface area contributed by atoms with Gasteiger partial charge < -0.3 is 30.7 Å². The molecule has 0 spiro atoms. The van der Waals surface area contributed by atoms with E-state index in [1.54, 1.807) is 17.0 Å². The number of allylic oxidation sites excluding steroid dienone is 1. The topological polar surface area (TPSA) is 125 Å². The second-order valence-electron chi connectivity index (χ2n) is 9.37. The molecule has 0 aliphatic carbocycles. The number of likely N-dealkylation sites (tertiary alicyclic amines) is 1. The van der Waals surface area contributed by atoms with Crippen LogP contribution in [0.25, 0.3) is 0 Å². The van der Waals surface area contributed by atoms with Crippen LogP contribution in [0.5, 0.6) is 5.75 Å². The summed E-state index contributed by atoms with van der Waals surface area (Å²) in [6.45, 7) is 13.6. The number of benzene rings is 2. The average molecular weight is 596 g/mol. The van der Waals surface area contributed by atoms with Crippen molar-refractivity contribution in [3.05, 3.63) is 69.7 Å². The number of hydrogen-bond acceptors (Lipinski definition) is 5. The zero-order valence-electron chi connectivity index (χ0n) is 23.6. The number of aromatic hydroxyl groups is 1. The molecule has 2 aliphatic heterocycles. The van der Waals surface area contributed by atoms with E-state index in [0.29, 0.717) is 36.3 Å². The second-order valence-corrected chi connectivity index (χ2v) is 10.2. The monoisotopic (exact) mass is 594 g/mol. The molecule has 2 aliphatic rings. The van der Waals surface area contributed by atoms with E-state index in [1.807, 2.05) is 50.8 Å². The second kappa shape index (κ2) is 18.0. The largest absolute Gasteiger partial charge is 0.505 e. The molecule has 1 fully saturated rings. The number of ether oxygens (including phenoxy) is 1. The zero-order valence-corrected chi connectivity index (χ0v) is 25.1. The highest BCUT2D eigenvalue weighted by Crippen LogP contribution is 2.32. The van der Waals surface area contributed by atoms with Crippen LogP contribution in [0, 0.1) is 6.92 Å². The Morgan fingerprint density at radius 1 is 1.18 bits per heavy atom. The molecule has 220 valence electrons. The van der Waals surface area contributed by atoms with Crippen molar-refractivity contribution < 1.29 is 24.2 Å². The maximum Gasteiger partial charge on any atom is 0.409 e. The smallest absolute Gasteiger partial charge is 0.409 e. The maximum absolute atomic E-state index is 12.5. The van der Waals surface area contributed by atoms with Gasteiger partial charge in [0.2, 0.25) is 6.41 Å². The number of anilines is 1. The van der Waals surface area contributed by atoms with Crippen molar-refractivity contribution in [2.45, 2.75) is 53.0 Å². The number of para-hydroxylation sites is 1. The molecular formula is C29H40Cl2N4O5. The molecule has 4 rings (SSSR count). The number of phenols is 1. The lowest BCUT2D eigenvalue weighted by Gasteiger charge is -2.37. The first-order valence-electron chi connectivity index (χ1n) is 12.9. The van der Waals surface area contributed by atoms with E-state index >= 15 is 0 Å². The lowest BCUT2D eigenvalue weighted by atomic mass is 10.0. The van der Waals surface area contributed by atoms with Gasteiger partial charge in [-0.2, -0.15) is 0 Å². The minimum Gasteiger partial charge on any atom is -0.505 e. The number of phenolic OH excluding ortho intramolecular Hbond substituents is 1. The number of nitrogens with zero attached hydrogens (tertiary/aromatic N) is 2. The van der Waals surface area contributed by atoms with Gasteiger partial charge in [0.15, 0.2) is 5.75 Å². The van der Waals surface area contributed by atoms with Crippen LogP contribution >= 0.6 is 23.2 Å². The number of hydrogen-bond donors (Lipinski definition) is 3. The van der Waals surface area contributed by atoms with Crippen LogP contribution in [-0.4, -0.2) is 65.7 Å². The third-order valence-electron chi connectivity index (χ3n) is 5.73. The highest BCUT2D eigenvalue weighted by atomic mass is 35.5. The molecular weight excluding hydrogens is 555 g/mol. The Bertz CT molecular complexity index is 1110. The predicted molar refractivity (Wildman–Crippen MR) is 161 cm³/mol. The van der Waals surface area contributed by atoms with E-state index in [9.17, 15) is 9.59 Å². The summed E-state index contributed by atoms with van der Waals surface area (Å²) < 4.78 is 5.04. The Hall–Kier alpha value is -3.43. The van der Waals surface area contributed by atoms with E-state index in [1.165, 1.54) is 11.1 Å². The SMILES string of the molecule is C=C(C)C.CCOC(=O)N1CCC(N2CCc3ccccc3NC2=O)CC1.Cc1cc(Cl)c(O)c(Cl)c1.NC=O. The van der Waals surface area contributed by atoms with Crippen molar-refractivity contribution in [3.63, 3.8) is 0 Å². The van der Waals surface area contributed by atoms with Crippen molar-refractivity contribution in [1.82, 2.24) is 9.80 Å². The lowest BCUT2D eigenvalue weighted by molar-refractivity contribution is -0.106. The third kappa shape index (κ3) is 11.8. The maximum atomic E-state index is 12.5. The highest BCUT2D eigenvalue weighted by Gasteiger charge is 2.31. The van der Waals surface area contributed by atoms with Gasteiger partial charge in [0, 0.05) is 31.4 Å². The predicted octanol–water partition coefficient (Wildman–Crippen LogP) is 6.39. The molecule has 0 saturated carbocycles. The standard InChI is InChI=1S/C17H23N3O3.C7H6Cl2O.C4H8.CH3NO/c1-2-23-17(22)19-10-8-14(9-11-19)20-12-7-13-5-3-4-6-15(13)18-16(20)21;1-4-2-5(8)7(10)6(9)3-4;1-4(2)3;2-1-3/h3-6,14H,2,7-12H2,1H3,(H,18,21);2-3,10H,1H3;1H2,2-3H3;1H,(H2,2,3). The number of aryl methyl sites for hydroxylation is 1. The van der Waals surface area contributed by atoms with Crippen LogP contribution in [0.15, 0.2) is 48.6 Å². The fraction of sp³-hybridized carbons (Fsp3) is 0.414. The fourth-order valence-corrected chi connectivity index (χ4v) is 4.60. The molecule has 11 heteroatoms. The molecule has 0 bridgehead atoms. The normalized spacial score (nSPS) is 14.3. The zero-order chi connectivity index (χ0) is 30.2. The molecule has 0 aromatic heterocycles. The van der Waals surface area contributed by atoms with Gasteiger partial charge in [-0.25, -0.2) is 9.59 Å². The Kier molecular flexibility index (Phi) is 15.6. The third-order valence-corrected chi connectivity index (χ3v) is 6.31. The number of amides is 4. The van der Waals surface area contributed by atoms with Gasteiger partial charge in [0.05, 0.1) is 16.7 Å². The molecule has 4 N–H and O–H groups in total. The summed E-state index contributed by atoms with van der Waals surface area (Å²) in [5.41, 5.74) is 8.35. The van der Waals surface area contributed by atoms with Gasteiger partial charge in [-0.3, -0.25) is 4.79 Å². The average Bonchev–Trinajstić information content (AvgIpc) is 3.06. The Labute approximate surface area is 246 Å². The number of halogens is 2. The van der Waals surface area contributed by atoms with Crippen LogP contribution < -0.4 is 11.1 Å². The number of urea groups is 1. The van der Waals surface area contributed by atoms with Crippen LogP contribution in [-0.2, 0) is 16.0 Å². The van der Waals surface area contributed by atoms with E-state index in [-0.39, 0.29) is 30.3 Å². The molecule has 40 heavy (non-hydrogen) atoms. The van der Waals surface area contributed by atoms with Crippen molar-refractivity contribution in [1.29, 1.82) is 0 Å². The fourth-order valence-electron chi connectivity index (χ4n) is 4.01. The van der Waals surface area contributed by atoms with Gasteiger partial charge in [0.25, 0.3) is 0 Å². The summed E-state index contributed by atoms with van der Waals surface area (Å²) in [6, 6.07) is 11.4. The molecule has 0 radical (unpaired) electrons. The minimum absolute atomic E-state index is 0.0375. The summed E-state index contributed by atoms with van der Waals surface area (Å²) in [4.78, 5) is 36.5. The summed E-state index contributed by atoms with van der Waals surface area (Å²) in [5.74, 6) is -0.0473. The lowest BCUT2D eigenvalue weighted by Crippen LogP contribution is -2.50. The Morgan fingerprint density at radius 3 is 2.23 bits per heavy atom. The van der Waals surface area contributed by atoms with E-state index in [2.05, 4.69) is 23.7 Å². The number of nitrogens with two attached hydrogens (primary N) is 1. The van der Waals surface area contributed by atoms with Crippen molar-refractivity contribution in [2.24, 2.45) is 5.73 Å². The number of nitrogens with one attached hydrogen (secondary N) is 1. The van der Waals surface area contributed by atoms with Crippen LogP contribution in [0.4, 0.5) is 15.3 Å². The highest BCUT2D eigenvalue weighted by molar-refractivity contribution is 6.37. The molecule has 4 amide bonds. The van der Waals surface area contributed by atoms with E-state index in [0.717, 1.165) is 30.5 Å². The van der Waals surface area contributed by atoms with Crippen molar-refractivity contribution in [2.75, 3.05) is 31.6 Å². The Balaban J connectivity index is 0.000000388. The van der Waals surface area contributed by atoms with E-state index in [4.69, 9.17) is 37.8 Å². The first kappa shape index (κ1) is 34.6. The summed E-state index contributed by atoms with van der Waals surface area (Å²) in [5, 5.41) is 12.7. The van der Waals surface area contributed by atoms with Crippen molar-refractivity contribution in [3.8, 4) is 5.75 Å². The quantitative estimate of drug-likeness (QED) is 0.274. The number of carbonyl (C=O) groups is 3. The Morgan fingerprint density at radius 2 is 1.70 bits per heavy atom. The summed E-state index contributed by atoms with van der Waals surface area (Å²) in [6.07, 6.45) is 2.44. The number of rotatable bonds is 2. The number of carbonyl (C=O) groups excluding carboxylic acids is 3. The molecule has 0 unspecified atom stereocenters. The van der Waals surface area contributed by atoms with Crippen LogP contribution in [0.3, 0.4) is 0 Å². The summed E-state index contributed by atoms with van der Waals surface area (Å²) >= 11 is 11.2. The number of primary amides is 1. The van der Waals surface area contributed by atoms with Crippen LogP contribution in [0.1, 0.15) is 44.7 Å².